The van der Waals surface area contributed by atoms with E-state index >= 15 is 0 Å². The molecule has 5 rings (SSSR count). The predicted molar refractivity (Wildman–Crippen MR) is 107 cm³/mol. The van der Waals surface area contributed by atoms with Crippen molar-refractivity contribution in [3.63, 3.8) is 0 Å². The Hall–Kier alpha value is -2.79. The monoisotopic (exact) mass is 359 g/mol. The number of fused-ring (bicyclic) bond motifs is 3. The van der Waals surface area contributed by atoms with E-state index in [4.69, 9.17) is 0 Å². The Morgan fingerprint density at radius 1 is 1.08 bits per heavy atom. The van der Waals surface area contributed by atoms with E-state index in [0.29, 0.717) is 0 Å². The Morgan fingerprint density at radius 2 is 1.92 bits per heavy atom. The number of anilines is 1. The highest BCUT2D eigenvalue weighted by molar-refractivity contribution is 8.16. The van der Waals surface area contributed by atoms with Crippen molar-refractivity contribution in [1.29, 1.82) is 0 Å². The van der Waals surface area contributed by atoms with Gasteiger partial charge in [-0.2, -0.15) is 5.10 Å². The molecule has 4 nitrogen and oxygen atoms in total. The van der Waals surface area contributed by atoms with Crippen LogP contribution in [0, 0.1) is 0 Å². The maximum atomic E-state index is 12.8. The van der Waals surface area contributed by atoms with Crippen molar-refractivity contribution in [3.8, 4) is 0 Å². The van der Waals surface area contributed by atoms with E-state index in [1.54, 1.807) is 0 Å². The second kappa shape index (κ2) is 5.61. The third-order valence-corrected chi connectivity index (χ3v) is 6.33. The van der Waals surface area contributed by atoms with Gasteiger partial charge in [-0.1, -0.05) is 67.2 Å². The van der Waals surface area contributed by atoms with Gasteiger partial charge in [0.05, 0.1) is 0 Å². The zero-order valence-electron chi connectivity index (χ0n) is 14.2. The van der Waals surface area contributed by atoms with Crippen LogP contribution in [-0.2, 0) is 16.1 Å². The van der Waals surface area contributed by atoms with Crippen molar-refractivity contribution in [2.24, 2.45) is 5.10 Å². The van der Waals surface area contributed by atoms with Crippen LogP contribution in [0.15, 0.2) is 65.8 Å². The van der Waals surface area contributed by atoms with Crippen LogP contribution >= 0.6 is 11.8 Å². The fraction of sp³-hybridized carbons (Fsp3) is 0.143. The Bertz CT molecular complexity index is 1090. The number of rotatable bonds is 2. The minimum absolute atomic E-state index is 0.0651. The summed E-state index contributed by atoms with van der Waals surface area (Å²) in [6.07, 6.45) is 0.930. The lowest BCUT2D eigenvalue weighted by molar-refractivity contribution is -0.118. The molecule has 1 amide bonds. The van der Waals surface area contributed by atoms with Gasteiger partial charge in [0.25, 0.3) is 5.91 Å². The number of aryl methyl sites for hydroxylation is 1. The molecule has 0 saturated heterocycles. The molecule has 1 atom stereocenters. The average molecular weight is 359 g/mol. The second-order valence-electron chi connectivity index (χ2n) is 6.53. The van der Waals surface area contributed by atoms with Gasteiger partial charge < -0.3 is 5.32 Å². The Labute approximate surface area is 155 Å². The molecule has 128 valence electrons. The molecule has 1 spiro atoms. The number of nitrogens with one attached hydrogen (secondary N) is 2. The summed E-state index contributed by atoms with van der Waals surface area (Å²) in [5.41, 5.74) is 7.22. The molecule has 5 heteroatoms. The number of thioether (sulfide) groups is 1. The zero-order chi connectivity index (χ0) is 17.7. The van der Waals surface area contributed by atoms with Crippen LogP contribution in [0.2, 0.25) is 0 Å². The highest BCUT2D eigenvalue weighted by Crippen LogP contribution is 2.48. The molecular formula is C21H17N3OS. The second-order valence-corrected chi connectivity index (χ2v) is 7.73. The Kier molecular flexibility index (Phi) is 3.34. The first kappa shape index (κ1) is 15.5. The highest BCUT2D eigenvalue weighted by atomic mass is 32.2. The molecular weight excluding hydrogens is 342 g/mol. The lowest BCUT2D eigenvalue weighted by Crippen LogP contribution is -2.39. The summed E-state index contributed by atoms with van der Waals surface area (Å²) in [5.74, 6) is -0.0651. The highest BCUT2D eigenvalue weighted by Gasteiger charge is 2.52. The summed E-state index contributed by atoms with van der Waals surface area (Å²) in [5, 5.41) is 10.7. The fourth-order valence-corrected chi connectivity index (χ4v) is 4.79. The summed E-state index contributed by atoms with van der Waals surface area (Å²) in [7, 11) is 0. The molecule has 0 saturated carbocycles. The first-order valence-corrected chi connectivity index (χ1v) is 9.50. The quantitative estimate of drug-likeness (QED) is 0.721. The van der Waals surface area contributed by atoms with E-state index in [1.165, 1.54) is 22.7 Å². The van der Waals surface area contributed by atoms with E-state index in [0.717, 1.165) is 33.7 Å². The Morgan fingerprint density at radius 3 is 2.81 bits per heavy atom. The van der Waals surface area contributed by atoms with Crippen molar-refractivity contribution < 1.29 is 4.79 Å². The van der Waals surface area contributed by atoms with Gasteiger partial charge in [-0.25, -0.2) is 0 Å². The standard InChI is InChI=1S/C21H17N3OS/c1-2-13-10-11-18-17(12-13)21(20(25)22-18)24-23-19(26-21)16-9-5-7-14-6-3-4-8-15(14)16/h3-12,24H,2H2,1H3,(H,22,25)/t21-/m1/s1. The first-order chi connectivity index (χ1) is 12.7. The van der Waals surface area contributed by atoms with E-state index in [1.807, 2.05) is 24.3 Å². The molecule has 0 fully saturated rings. The number of hydrogen-bond donors (Lipinski definition) is 2. The SMILES string of the molecule is CCc1ccc2c(c1)[C@]1(NN=C(c3cccc4ccccc34)S1)C(=O)N2. The summed E-state index contributed by atoms with van der Waals surface area (Å²) >= 11 is 1.49. The summed E-state index contributed by atoms with van der Waals surface area (Å²) in [6.45, 7) is 2.12. The lowest BCUT2D eigenvalue weighted by Gasteiger charge is -2.20. The van der Waals surface area contributed by atoms with Crippen LogP contribution in [0.3, 0.4) is 0 Å². The molecule has 0 bridgehead atoms. The topological polar surface area (TPSA) is 53.5 Å². The summed E-state index contributed by atoms with van der Waals surface area (Å²) in [4.78, 5) is 11.9. The number of hydrogen-bond acceptors (Lipinski definition) is 4. The fourth-order valence-electron chi connectivity index (χ4n) is 3.60. The van der Waals surface area contributed by atoms with Gasteiger partial charge in [-0.3, -0.25) is 10.2 Å². The van der Waals surface area contributed by atoms with Gasteiger partial charge in [-0.05, 0) is 34.9 Å². The smallest absolute Gasteiger partial charge is 0.267 e. The Balaban J connectivity index is 1.59. The van der Waals surface area contributed by atoms with Crippen LogP contribution in [0.1, 0.15) is 23.6 Å². The third kappa shape index (κ3) is 2.10. The van der Waals surface area contributed by atoms with Crippen molar-refractivity contribution in [1.82, 2.24) is 5.43 Å². The molecule has 2 aliphatic heterocycles. The van der Waals surface area contributed by atoms with Gasteiger partial charge in [0.15, 0.2) is 0 Å². The van der Waals surface area contributed by atoms with E-state index < -0.39 is 4.87 Å². The number of nitrogens with zero attached hydrogens (tertiary/aromatic N) is 1. The van der Waals surface area contributed by atoms with Gasteiger partial charge >= 0.3 is 0 Å². The van der Waals surface area contributed by atoms with Crippen LogP contribution in [0.25, 0.3) is 10.8 Å². The predicted octanol–water partition coefficient (Wildman–Crippen LogP) is 4.21. The van der Waals surface area contributed by atoms with Crippen molar-refractivity contribution >= 4 is 39.2 Å². The summed E-state index contributed by atoms with van der Waals surface area (Å²) < 4.78 is 0. The van der Waals surface area contributed by atoms with E-state index in [9.17, 15) is 4.79 Å². The molecule has 0 aliphatic carbocycles. The van der Waals surface area contributed by atoms with Crippen LogP contribution < -0.4 is 10.7 Å². The number of carbonyl (C=O) groups is 1. The molecule has 2 heterocycles. The number of benzene rings is 3. The molecule has 3 aromatic rings. The molecule has 3 aromatic carbocycles. The maximum Gasteiger partial charge on any atom is 0.267 e. The third-order valence-electron chi connectivity index (χ3n) is 5.02. The van der Waals surface area contributed by atoms with Gasteiger partial charge in [0.1, 0.15) is 5.04 Å². The number of amides is 1. The molecule has 0 aromatic heterocycles. The minimum atomic E-state index is -0.882. The summed E-state index contributed by atoms with van der Waals surface area (Å²) in [6, 6.07) is 20.6. The number of carbonyl (C=O) groups excluding carboxylic acids is 1. The van der Waals surface area contributed by atoms with Crippen LogP contribution in [-0.4, -0.2) is 11.0 Å². The molecule has 26 heavy (non-hydrogen) atoms. The van der Waals surface area contributed by atoms with Gasteiger partial charge in [-0.15, -0.1) is 0 Å². The zero-order valence-corrected chi connectivity index (χ0v) is 15.1. The molecule has 2 N–H and O–H groups in total. The van der Waals surface area contributed by atoms with Crippen LogP contribution in [0.5, 0.6) is 0 Å². The molecule has 0 radical (unpaired) electrons. The van der Waals surface area contributed by atoms with Crippen LogP contribution in [0.4, 0.5) is 5.69 Å². The van der Waals surface area contributed by atoms with Crippen molar-refractivity contribution in [3.05, 3.63) is 77.4 Å². The van der Waals surface area contributed by atoms with Gasteiger partial charge in [0.2, 0.25) is 4.87 Å². The van der Waals surface area contributed by atoms with Crippen molar-refractivity contribution in [2.75, 3.05) is 5.32 Å². The molecule has 2 aliphatic rings. The first-order valence-electron chi connectivity index (χ1n) is 8.68. The largest absolute Gasteiger partial charge is 0.323 e. The van der Waals surface area contributed by atoms with E-state index in [-0.39, 0.29) is 5.91 Å². The van der Waals surface area contributed by atoms with Crippen molar-refractivity contribution in [2.45, 2.75) is 18.2 Å². The number of hydrazone groups is 1. The lowest BCUT2D eigenvalue weighted by atomic mass is 10.0. The minimum Gasteiger partial charge on any atom is -0.323 e. The molecule has 0 unspecified atom stereocenters. The average Bonchev–Trinajstić information content (AvgIpc) is 3.24. The van der Waals surface area contributed by atoms with E-state index in [2.05, 4.69) is 59.2 Å². The maximum absolute atomic E-state index is 12.8. The van der Waals surface area contributed by atoms with Gasteiger partial charge in [0, 0.05) is 16.8 Å². The normalized spacial score (nSPS) is 20.8.